The zero-order chi connectivity index (χ0) is 24.2. The first-order valence-electron chi connectivity index (χ1n) is 10.9. The molecule has 1 aromatic heterocycles. The van der Waals surface area contributed by atoms with Crippen molar-refractivity contribution in [1.29, 1.82) is 0 Å². The van der Waals surface area contributed by atoms with Crippen LogP contribution in [0.5, 0.6) is 0 Å². The monoisotopic (exact) mass is 456 g/mol. The summed E-state index contributed by atoms with van der Waals surface area (Å²) in [5.74, 6) is -1.21. The van der Waals surface area contributed by atoms with Crippen LogP contribution in [-0.4, -0.2) is 40.1 Å². The molecule has 172 valence electrons. The number of carbonyl (C=O) groups excluding carboxylic acids is 4. The van der Waals surface area contributed by atoms with Crippen molar-refractivity contribution >= 4 is 29.3 Å². The number of benzene rings is 2. The normalized spacial score (nSPS) is 12.6. The second-order valence-electron chi connectivity index (χ2n) is 8.45. The van der Waals surface area contributed by atoms with Crippen LogP contribution < -0.4 is 10.6 Å². The number of carbonyl (C=O) groups is 4. The van der Waals surface area contributed by atoms with E-state index in [4.69, 9.17) is 0 Å². The number of pyridine rings is 1. The highest BCUT2D eigenvalue weighted by Crippen LogP contribution is 2.25. The maximum atomic E-state index is 12.8. The molecule has 0 radical (unpaired) electrons. The van der Waals surface area contributed by atoms with E-state index in [1.54, 1.807) is 36.5 Å². The third-order valence-electron chi connectivity index (χ3n) is 5.34. The van der Waals surface area contributed by atoms with Gasteiger partial charge in [-0.05, 0) is 53.9 Å². The Hall–Kier alpha value is -4.33. The van der Waals surface area contributed by atoms with Gasteiger partial charge in [0.25, 0.3) is 23.6 Å². The van der Waals surface area contributed by atoms with Gasteiger partial charge in [-0.3, -0.25) is 29.1 Å². The van der Waals surface area contributed by atoms with Crippen LogP contribution >= 0.6 is 0 Å². The number of fused-ring (bicyclic) bond motifs is 1. The van der Waals surface area contributed by atoms with E-state index in [1.165, 1.54) is 29.3 Å². The van der Waals surface area contributed by atoms with Gasteiger partial charge < -0.3 is 10.6 Å². The van der Waals surface area contributed by atoms with Crippen LogP contribution in [0.4, 0.5) is 5.69 Å². The van der Waals surface area contributed by atoms with E-state index in [0.717, 1.165) is 5.56 Å². The van der Waals surface area contributed by atoms with Crippen molar-refractivity contribution in [2.45, 2.75) is 20.4 Å². The molecule has 0 saturated heterocycles. The summed E-state index contributed by atoms with van der Waals surface area (Å²) in [4.78, 5) is 55.4. The number of anilines is 1. The molecular formula is C26H24N4O4. The predicted octanol–water partition coefficient (Wildman–Crippen LogP) is 3.52. The Bertz CT molecular complexity index is 1270. The SMILES string of the molecule is CC(C)CN1C(=O)c2ccc(C(=O)Nc3cccc(CNC(=O)c4cccnc4)c3)cc2C1=O. The molecule has 2 aromatic carbocycles. The number of imide groups is 1. The predicted molar refractivity (Wildman–Crippen MR) is 126 cm³/mol. The van der Waals surface area contributed by atoms with Gasteiger partial charge in [-0.1, -0.05) is 26.0 Å². The van der Waals surface area contributed by atoms with Crippen LogP contribution in [0.25, 0.3) is 0 Å². The molecule has 2 N–H and O–H groups in total. The van der Waals surface area contributed by atoms with Gasteiger partial charge in [0.2, 0.25) is 0 Å². The van der Waals surface area contributed by atoms with Crippen molar-refractivity contribution in [2.75, 3.05) is 11.9 Å². The maximum Gasteiger partial charge on any atom is 0.261 e. The molecule has 0 fully saturated rings. The standard InChI is InChI=1S/C26H24N4O4/c1-16(2)15-30-25(33)21-9-8-18(12-22(21)26(30)34)24(32)29-20-7-3-5-17(11-20)13-28-23(31)19-6-4-10-27-14-19/h3-12,14,16H,13,15H2,1-2H3,(H,28,31)(H,29,32). The molecule has 34 heavy (non-hydrogen) atoms. The Morgan fingerprint density at radius 2 is 1.71 bits per heavy atom. The molecule has 1 aliphatic rings. The molecule has 0 spiro atoms. The number of hydrogen-bond acceptors (Lipinski definition) is 5. The zero-order valence-electron chi connectivity index (χ0n) is 18.9. The third-order valence-corrected chi connectivity index (χ3v) is 5.34. The molecule has 8 nitrogen and oxygen atoms in total. The Morgan fingerprint density at radius 3 is 2.44 bits per heavy atom. The van der Waals surface area contributed by atoms with E-state index in [-0.39, 0.29) is 41.3 Å². The first kappa shape index (κ1) is 22.8. The smallest absolute Gasteiger partial charge is 0.261 e. The van der Waals surface area contributed by atoms with Crippen LogP contribution in [0.1, 0.15) is 60.8 Å². The summed E-state index contributed by atoms with van der Waals surface area (Å²) >= 11 is 0. The van der Waals surface area contributed by atoms with Crippen LogP contribution in [0, 0.1) is 5.92 Å². The fourth-order valence-corrected chi connectivity index (χ4v) is 3.71. The molecule has 4 rings (SSSR count). The molecule has 8 heteroatoms. The molecule has 0 bridgehead atoms. The van der Waals surface area contributed by atoms with Crippen molar-refractivity contribution in [1.82, 2.24) is 15.2 Å². The summed E-state index contributed by atoms with van der Waals surface area (Å²) in [5, 5.41) is 5.62. The molecular weight excluding hydrogens is 432 g/mol. The Kier molecular flexibility index (Phi) is 6.49. The first-order valence-corrected chi connectivity index (χ1v) is 10.9. The van der Waals surface area contributed by atoms with Crippen molar-refractivity contribution < 1.29 is 19.2 Å². The van der Waals surface area contributed by atoms with Gasteiger partial charge in [-0.15, -0.1) is 0 Å². The van der Waals surface area contributed by atoms with E-state index in [9.17, 15) is 19.2 Å². The number of hydrogen-bond donors (Lipinski definition) is 2. The van der Waals surface area contributed by atoms with Gasteiger partial charge >= 0.3 is 0 Å². The van der Waals surface area contributed by atoms with Gasteiger partial charge in [-0.2, -0.15) is 0 Å². The minimum absolute atomic E-state index is 0.145. The van der Waals surface area contributed by atoms with Gasteiger partial charge in [0.15, 0.2) is 0 Å². The number of nitrogens with zero attached hydrogens (tertiary/aromatic N) is 2. The molecule has 0 aliphatic carbocycles. The third kappa shape index (κ3) is 4.85. The number of nitrogens with one attached hydrogen (secondary N) is 2. The maximum absolute atomic E-state index is 12.8. The summed E-state index contributed by atoms with van der Waals surface area (Å²) in [6.07, 6.45) is 3.09. The quantitative estimate of drug-likeness (QED) is 0.529. The van der Waals surface area contributed by atoms with Crippen molar-refractivity contribution in [3.8, 4) is 0 Å². The molecule has 2 heterocycles. The minimum atomic E-state index is -0.401. The highest BCUT2D eigenvalue weighted by molar-refractivity contribution is 6.22. The number of amides is 4. The van der Waals surface area contributed by atoms with Crippen molar-refractivity contribution in [3.63, 3.8) is 0 Å². The lowest BCUT2D eigenvalue weighted by Crippen LogP contribution is -2.33. The summed E-state index contributed by atoms with van der Waals surface area (Å²) in [6.45, 7) is 4.47. The van der Waals surface area contributed by atoms with E-state index >= 15 is 0 Å². The average Bonchev–Trinajstić information content (AvgIpc) is 3.07. The van der Waals surface area contributed by atoms with Crippen LogP contribution in [0.3, 0.4) is 0 Å². The Morgan fingerprint density at radius 1 is 0.912 bits per heavy atom. The van der Waals surface area contributed by atoms with Crippen molar-refractivity contribution in [2.24, 2.45) is 5.92 Å². The highest BCUT2D eigenvalue weighted by Gasteiger charge is 2.36. The van der Waals surface area contributed by atoms with E-state index in [0.29, 0.717) is 23.4 Å². The van der Waals surface area contributed by atoms with E-state index in [1.807, 2.05) is 19.9 Å². The lowest BCUT2D eigenvalue weighted by Gasteiger charge is -2.15. The Labute approximate surface area is 197 Å². The fraction of sp³-hybridized carbons (Fsp3) is 0.192. The molecule has 1 aliphatic heterocycles. The second-order valence-corrected chi connectivity index (χ2v) is 8.45. The average molecular weight is 457 g/mol. The van der Waals surface area contributed by atoms with Crippen molar-refractivity contribution in [3.05, 3.63) is 94.8 Å². The molecule has 4 amide bonds. The van der Waals surface area contributed by atoms with E-state index in [2.05, 4.69) is 15.6 Å². The van der Waals surface area contributed by atoms with Crippen LogP contribution in [0.2, 0.25) is 0 Å². The summed E-state index contributed by atoms with van der Waals surface area (Å²) in [5.41, 5.74) is 2.64. The number of rotatable bonds is 7. The molecule has 0 saturated carbocycles. The van der Waals surface area contributed by atoms with Crippen LogP contribution in [0.15, 0.2) is 67.0 Å². The van der Waals surface area contributed by atoms with Gasteiger partial charge in [0, 0.05) is 36.7 Å². The molecule has 0 atom stereocenters. The fourth-order valence-electron chi connectivity index (χ4n) is 3.71. The largest absolute Gasteiger partial charge is 0.348 e. The number of aromatic nitrogens is 1. The lowest BCUT2D eigenvalue weighted by molar-refractivity contribution is 0.0635. The topological polar surface area (TPSA) is 108 Å². The lowest BCUT2D eigenvalue weighted by atomic mass is 10.1. The second kappa shape index (κ2) is 9.66. The highest BCUT2D eigenvalue weighted by atomic mass is 16.2. The molecule has 0 unspecified atom stereocenters. The first-order chi connectivity index (χ1) is 16.3. The van der Waals surface area contributed by atoms with E-state index < -0.39 is 5.91 Å². The van der Waals surface area contributed by atoms with Crippen LogP contribution in [-0.2, 0) is 6.54 Å². The summed E-state index contributed by atoms with van der Waals surface area (Å²) in [7, 11) is 0. The minimum Gasteiger partial charge on any atom is -0.348 e. The van der Waals surface area contributed by atoms with Gasteiger partial charge in [-0.25, -0.2) is 0 Å². The van der Waals surface area contributed by atoms with Gasteiger partial charge in [0.1, 0.15) is 0 Å². The summed E-state index contributed by atoms with van der Waals surface area (Å²) < 4.78 is 0. The summed E-state index contributed by atoms with van der Waals surface area (Å²) in [6, 6.07) is 15.0. The molecule has 3 aromatic rings. The van der Waals surface area contributed by atoms with Gasteiger partial charge in [0.05, 0.1) is 16.7 Å². The Balaban J connectivity index is 1.43. The zero-order valence-corrected chi connectivity index (χ0v) is 18.9.